The minimum atomic E-state index is -0.548. The molecule has 2 aromatic rings. The number of benzene rings is 1. The molecule has 0 aliphatic carbocycles. The van der Waals surface area contributed by atoms with E-state index in [1.165, 1.54) is 11.3 Å². The fourth-order valence-electron chi connectivity index (χ4n) is 1.79. The van der Waals surface area contributed by atoms with Crippen molar-refractivity contribution < 1.29 is 23.8 Å². The second kappa shape index (κ2) is 6.25. The standard InChI is InChI=1S/C14H10ClNO5S/c15-9-3-11-12(21-7-20-11)4-10(9)16-13(17)5-19-14(18)8-1-2-22-6-8/h1-4,6H,5,7H2,(H,16,17). The van der Waals surface area contributed by atoms with E-state index in [0.29, 0.717) is 27.8 Å². The van der Waals surface area contributed by atoms with Crippen LogP contribution >= 0.6 is 22.9 Å². The van der Waals surface area contributed by atoms with Crippen molar-refractivity contribution in [3.8, 4) is 11.5 Å². The second-order valence-electron chi connectivity index (χ2n) is 4.32. The average molecular weight is 340 g/mol. The van der Waals surface area contributed by atoms with Gasteiger partial charge in [-0.2, -0.15) is 11.3 Å². The lowest BCUT2D eigenvalue weighted by Crippen LogP contribution is -2.20. The summed E-state index contributed by atoms with van der Waals surface area (Å²) in [4.78, 5) is 23.4. The number of esters is 1. The zero-order valence-electron chi connectivity index (χ0n) is 11.1. The molecule has 1 amide bonds. The topological polar surface area (TPSA) is 73.9 Å². The maximum Gasteiger partial charge on any atom is 0.339 e. The van der Waals surface area contributed by atoms with Gasteiger partial charge in [0.05, 0.1) is 16.3 Å². The normalized spacial score (nSPS) is 12.0. The molecule has 1 aliphatic rings. The molecule has 0 fully saturated rings. The van der Waals surface area contributed by atoms with Crippen LogP contribution in [0.15, 0.2) is 29.0 Å². The van der Waals surface area contributed by atoms with E-state index in [4.69, 9.17) is 25.8 Å². The Hall–Kier alpha value is -2.25. The van der Waals surface area contributed by atoms with Gasteiger partial charge in [-0.15, -0.1) is 0 Å². The number of hydrogen-bond donors (Lipinski definition) is 1. The summed E-state index contributed by atoms with van der Waals surface area (Å²) in [5.74, 6) is -0.0284. The number of nitrogens with one attached hydrogen (secondary N) is 1. The molecule has 22 heavy (non-hydrogen) atoms. The Kier molecular flexibility index (Phi) is 4.17. The van der Waals surface area contributed by atoms with Crippen LogP contribution < -0.4 is 14.8 Å². The number of ether oxygens (including phenoxy) is 3. The van der Waals surface area contributed by atoms with Crippen LogP contribution in [0.4, 0.5) is 5.69 Å². The smallest absolute Gasteiger partial charge is 0.339 e. The lowest BCUT2D eigenvalue weighted by molar-refractivity contribution is -0.119. The zero-order valence-corrected chi connectivity index (χ0v) is 12.7. The summed E-state index contributed by atoms with van der Waals surface area (Å²) in [5.41, 5.74) is 0.779. The number of halogens is 1. The summed E-state index contributed by atoms with van der Waals surface area (Å²) in [6.07, 6.45) is 0. The molecular weight excluding hydrogens is 330 g/mol. The van der Waals surface area contributed by atoms with Crippen molar-refractivity contribution in [3.63, 3.8) is 0 Å². The van der Waals surface area contributed by atoms with Crippen molar-refractivity contribution in [2.45, 2.75) is 0 Å². The van der Waals surface area contributed by atoms with Crippen LogP contribution in [0.25, 0.3) is 0 Å². The highest BCUT2D eigenvalue weighted by molar-refractivity contribution is 7.08. The molecular formula is C14H10ClNO5S. The fraction of sp³-hybridized carbons (Fsp3) is 0.143. The Morgan fingerprint density at radius 3 is 2.82 bits per heavy atom. The molecule has 0 saturated heterocycles. The van der Waals surface area contributed by atoms with Gasteiger partial charge < -0.3 is 19.5 Å². The summed E-state index contributed by atoms with van der Waals surface area (Å²) in [7, 11) is 0. The van der Waals surface area contributed by atoms with Gasteiger partial charge in [0.15, 0.2) is 18.1 Å². The first kappa shape index (κ1) is 14.7. The summed E-state index contributed by atoms with van der Waals surface area (Å²) in [6.45, 7) is -0.291. The van der Waals surface area contributed by atoms with E-state index in [9.17, 15) is 9.59 Å². The van der Waals surface area contributed by atoms with Gasteiger partial charge in [-0.3, -0.25) is 4.79 Å². The predicted molar refractivity (Wildman–Crippen MR) is 80.8 cm³/mol. The van der Waals surface area contributed by atoms with Gasteiger partial charge in [0.1, 0.15) is 0 Å². The molecule has 2 heterocycles. The molecule has 0 radical (unpaired) electrons. The summed E-state index contributed by atoms with van der Waals surface area (Å²) >= 11 is 7.41. The zero-order chi connectivity index (χ0) is 15.5. The highest BCUT2D eigenvalue weighted by atomic mass is 35.5. The summed E-state index contributed by atoms with van der Waals surface area (Å²) in [5, 5.41) is 6.27. The number of hydrogen-bond acceptors (Lipinski definition) is 6. The second-order valence-corrected chi connectivity index (χ2v) is 5.51. The van der Waals surface area contributed by atoms with E-state index in [1.54, 1.807) is 29.0 Å². The van der Waals surface area contributed by atoms with E-state index >= 15 is 0 Å². The van der Waals surface area contributed by atoms with Gasteiger partial charge >= 0.3 is 5.97 Å². The number of carbonyl (C=O) groups is 2. The van der Waals surface area contributed by atoms with Crippen molar-refractivity contribution in [2.75, 3.05) is 18.7 Å². The first-order chi connectivity index (χ1) is 10.6. The average Bonchev–Trinajstić information content (AvgIpc) is 3.16. The van der Waals surface area contributed by atoms with Crippen LogP contribution in [0.5, 0.6) is 11.5 Å². The van der Waals surface area contributed by atoms with Crippen molar-refractivity contribution in [1.29, 1.82) is 0 Å². The minimum absolute atomic E-state index is 0.112. The quantitative estimate of drug-likeness (QED) is 0.867. The molecule has 0 spiro atoms. The molecule has 1 aromatic heterocycles. The van der Waals surface area contributed by atoms with Gasteiger partial charge in [0.25, 0.3) is 5.91 Å². The minimum Gasteiger partial charge on any atom is -0.454 e. The van der Waals surface area contributed by atoms with Crippen molar-refractivity contribution in [3.05, 3.63) is 39.5 Å². The molecule has 8 heteroatoms. The number of amides is 1. The summed E-state index contributed by atoms with van der Waals surface area (Å²) in [6, 6.07) is 4.74. The highest BCUT2D eigenvalue weighted by Gasteiger charge is 2.18. The summed E-state index contributed by atoms with van der Waals surface area (Å²) < 4.78 is 15.3. The SMILES string of the molecule is O=C(COC(=O)c1ccsc1)Nc1cc2c(cc1Cl)OCO2. The first-order valence-electron chi connectivity index (χ1n) is 6.22. The molecule has 0 atom stereocenters. The monoisotopic (exact) mass is 339 g/mol. The maximum atomic E-state index is 11.8. The molecule has 0 saturated carbocycles. The number of thiophene rings is 1. The van der Waals surface area contributed by atoms with Gasteiger partial charge in [-0.1, -0.05) is 11.6 Å². The maximum absolute atomic E-state index is 11.8. The van der Waals surface area contributed by atoms with Crippen LogP contribution in [-0.4, -0.2) is 25.3 Å². The van der Waals surface area contributed by atoms with Crippen molar-refractivity contribution in [1.82, 2.24) is 0 Å². The van der Waals surface area contributed by atoms with E-state index in [0.717, 1.165) is 0 Å². The number of rotatable bonds is 4. The third-order valence-electron chi connectivity index (χ3n) is 2.83. The molecule has 3 rings (SSSR count). The highest BCUT2D eigenvalue weighted by Crippen LogP contribution is 2.39. The van der Waals surface area contributed by atoms with Crippen LogP contribution in [0.3, 0.4) is 0 Å². The van der Waals surface area contributed by atoms with Gasteiger partial charge in [-0.05, 0) is 11.4 Å². The van der Waals surface area contributed by atoms with E-state index < -0.39 is 18.5 Å². The van der Waals surface area contributed by atoms with Gasteiger partial charge in [0, 0.05) is 17.5 Å². The van der Waals surface area contributed by atoms with Crippen molar-refractivity contribution in [2.24, 2.45) is 0 Å². The van der Waals surface area contributed by atoms with Crippen LogP contribution in [0.2, 0.25) is 5.02 Å². The molecule has 0 unspecified atom stereocenters. The first-order valence-corrected chi connectivity index (χ1v) is 7.54. The predicted octanol–water partition coefficient (Wildman–Crippen LogP) is 2.93. The molecule has 6 nitrogen and oxygen atoms in total. The van der Waals surface area contributed by atoms with Gasteiger partial charge in [0.2, 0.25) is 6.79 Å². The van der Waals surface area contributed by atoms with Crippen LogP contribution in [-0.2, 0) is 9.53 Å². The molecule has 0 bridgehead atoms. The Labute approximate surface area is 134 Å². The fourth-order valence-corrected chi connectivity index (χ4v) is 2.62. The lowest BCUT2D eigenvalue weighted by Gasteiger charge is -2.08. The Morgan fingerprint density at radius 2 is 2.09 bits per heavy atom. The number of anilines is 1. The lowest BCUT2D eigenvalue weighted by atomic mass is 10.2. The number of fused-ring (bicyclic) bond motifs is 1. The van der Waals surface area contributed by atoms with E-state index in [1.807, 2.05) is 0 Å². The largest absolute Gasteiger partial charge is 0.454 e. The van der Waals surface area contributed by atoms with E-state index in [-0.39, 0.29) is 6.79 Å². The molecule has 1 aromatic carbocycles. The third kappa shape index (κ3) is 3.15. The van der Waals surface area contributed by atoms with Crippen LogP contribution in [0, 0.1) is 0 Å². The molecule has 1 N–H and O–H groups in total. The molecule has 1 aliphatic heterocycles. The molecule has 114 valence electrons. The van der Waals surface area contributed by atoms with Gasteiger partial charge in [-0.25, -0.2) is 4.79 Å². The van der Waals surface area contributed by atoms with Crippen molar-refractivity contribution >= 4 is 40.5 Å². The van der Waals surface area contributed by atoms with E-state index in [2.05, 4.69) is 5.32 Å². The van der Waals surface area contributed by atoms with Crippen LogP contribution in [0.1, 0.15) is 10.4 Å². The third-order valence-corrected chi connectivity index (χ3v) is 3.82. The Morgan fingerprint density at radius 1 is 1.32 bits per heavy atom. The Balaban J connectivity index is 1.59. The Bertz CT molecular complexity index is 716. The number of carbonyl (C=O) groups excluding carboxylic acids is 2.